The topological polar surface area (TPSA) is 87.5 Å². The second kappa shape index (κ2) is 9.37. The summed E-state index contributed by atoms with van der Waals surface area (Å²) in [5, 5.41) is 7.10. The van der Waals surface area contributed by atoms with E-state index in [-0.39, 0.29) is 16.7 Å². The van der Waals surface area contributed by atoms with Crippen LogP contribution in [0.4, 0.5) is 0 Å². The second-order valence-corrected chi connectivity index (χ2v) is 9.96. The SMILES string of the molecule is CCn1cc(S(=O)(=O)N2CCC(C(=O)NCCN3CCC(C)CC3)CC2)cn1. The van der Waals surface area contributed by atoms with Crippen molar-refractivity contribution < 1.29 is 13.2 Å². The lowest BCUT2D eigenvalue weighted by atomic mass is 9.97. The van der Waals surface area contributed by atoms with Crippen LogP contribution < -0.4 is 5.32 Å². The molecular weight excluding hydrogens is 378 g/mol. The molecule has 1 aromatic rings. The highest BCUT2D eigenvalue weighted by Gasteiger charge is 2.32. The molecule has 0 atom stereocenters. The Hall–Kier alpha value is -1.45. The van der Waals surface area contributed by atoms with Crippen molar-refractivity contribution in [1.82, 2.24) is 24.3 Å². The third kappa shape index (κ3) is 5.12. The first-order chi connectivity index (χ1) is 13.4. The van der Waals surface area contributed by atoms with Crippen LogP contribution in [0, 0.1) is 11.8 Å². The summed E-state index contributed by atoms with van der Waals surface area (Å²) in [5.74, 6) is 0.760. The van der Waals surface area contributed by atoms with E-state index in [1.165, 1.54) is 23.3 Å². The van der Waals surface area contributed by atoms with Crippen molar-refractivity contribution in [2.45, 2.75) is 51.0 Å². The van der Waals surface area contributed by atoms with Crippen molar-refractivity contribution in [2.75, 3.05) is 39.3 Å². The maximum Gasteiger partial charge on any atom is 0.246 e. The van der Waals surface area contributed by atoms with Crippen LogP contribution in [0.25, 0.3) is 0 Å². The van der Waals surface area contributed by atoms with Gasteiger partial charge in [-0.3, -0.25) is 9.48 Å². The van der Waals surface area contributed by atoms with E-state index in [1.807, 2.05) is 6.92 Å². The molecule has 8 nitrogen and oxygen atoms in total. The van der Waals surface area contributed by atoms with Gasteiger partial charge in [-0.15, -0.1) is 0 Å². The third-order valence-corrected chi connectivity index (χ3v) is 7.85. The minimum atomic E-state index is -3.52. The van der Waals surface area contributed by atoms with Gasteiger partial charge in [0.15, 0.2) is 0 Å². The number of rotatable bonds is 7. The Balaban J connectivity index is 1.42. The van der Waals surface area contributed by atoms with Crippen LogP contribution in [0.2, 0.25) is 0 Å². The van der Waals surface area contributed by atoms with Crippen molar-refractivity contribution in [1.29, 1.82) is 0 Å². The van der Waals surface area contributed by atoms with Crippen molar-refractivity contribution in [3.63, 3.8) is 0 Å². The monoisotopic (exact) mass is 411 g/mol. The fraction of sp³-hybridized carbons (Fsp3) is 0.789. The minimum absolute atomic E-state index is 0.0567. The Labute approximate surface area is 168 Å². The first-order valence-electron chi connectivity index (χ1n) is 10.4. The number of hydrogen-bond donors (Lipinski definition) is 1. The van der Waals surface area contributed by atoms with Gasteiger partial charge in [0, 0.05) is 44.8 Å². The number of piperidine rings is 2. The number of aromatic nitrogens is 2. The van der Waals surface area contributed by atoms with Crippen LogP contribution in [0.15, 0.2) is 17.3 Å². The van der Waals surface area contributed by atoms with Crippen LogP contribution in [-0.4, -0.2) is 72.6 Å². The predicted molar refractivity (Wildman–Crippen MR) is 107 cm³/mol. The lowest BCUT2D eigenvalue weighted by Crippen LogP contribution is -2.44. The number of likely N-dealkylation sites (tertiary alicyclic amines) is 1. The van der Waals surface area contributed by atoms with E-state index >= 15 is 0 Å². The molecule has 1 N–H and O–H groups in total. The molecule has 1 amide bonds. The largest absolute Gasteiger partial charge is 0.355 e. The molecular formula is C19H33N5O3S. The van der Waals surface area contributed by atoms with Crippen LogP contribution in [0.3, 0.4) is 0 Å². The molecule has 0 unspecified atom stereocenters. The second-order valence-electron chi connectivity index (χ2n) is 8.03. The fourth-order valence-electron chi connectivity index (χ4n) is 3.93. The van der Waals surface area contributed by atoms with Crippen LogP contribution in [0.5, 0.6) is 0 Å². The third-order valence-electron chi connectivity index (χ3n) is 6.00. The van der Waals surface area contributed by atoms with E-state index in [4.69, 9.17) is 0 Å². The van der Waals surface area contributed by atoms with Crippen LogP contribution >= 0.6 is 0 Å². The molecule has 0 radical (unpaired) electrons. The first-order valence-corrected chi connectivity index (χ1v) is 11.9. The Morgan fingerprint density at radius 2 is 1.86 bits per heavy atom. The standard InChI is InChI=1S/C19H33N5O3S/c1-3-23-15-18(14-21-23)28(26,27)24-11-6-17(7-12-24)19(25)20-8-13-22-9-4-16(2)5-10-22/h14-17H,3-13H2,1-2H3,(H,20,25). The summed E-state index contributed by atoms with van der Waals surface area (Å²) >= 11 is 0. The van der Waals surface area contributed by atoms with E-state index < -0.39 is 10.0 Å². The molecule has 3 rings (SSSR count). The molecule has 1 aromatic heterocycles. The highest BCUT2D eigenvalue weighted by molar-refractivity contribution is 7.89. The average Bonchev–Trinajstić information content (AvgIpc) is 3.20. The summed E-state index contributed by atoms with van der Waals surface area (Å²) in [6.07, 6.45) is 6.56. The van der Waals surface area contributed by atoms with Crippen molar-refractivity contribution in [3.8, 4) is 0 Å². The Morgan fingerprint density at radius 1 is 1.18 bits per heavy atom. The maximum atomic E-state index is 12.7. The Bertz CT molecular complexity index is 747. The molecule has 158 valence electrons. The van der Waals surface area contributed by atoms with E-state index in [1.54, 1.807) is 10.9 Å². The van der Waals surface area contributed by atoms with Gasteiger partial charge in [0.1, 0.15) is 4.90 Å². The van der Waals surface area contributed by atoms with Gasteiger partial charge in [0.05, 0.1) is 6.20 Å². The zero-order valence-corrected chi connectivity index (χ0v) is 17.8. The van der Waals surface area contributed by atoms with Crippen LogP contribution in [-0.2, 0) is 21.4 Å². The molecule has 3 heterocycles. The lowest BCUT2D eigenvalue weighted by molar-refractivity contribution is -0.126. The fourth-order valence-corrected chi connectivity index (χ4v) is 5.35. The summed E-state index contributed by atoms with van der Waals surface area (Å²) in [6.45, 7) is 9.39. The molecule has 2 aliphatic heterocycles. The average molecular weight is 412 g/mol. The minimum Gasteiger partial charge on any atom is -0.355 e. The Morgan fingerprint density at radius 3 is 2.46 bits per heavy atom. The van der Waals surface area contributed by atoms with Gasteiger partial charge in [-0.1, -0.05) is 6.92 Å². The number of carbonyl (C=O) groups excluding carboxylic acids is 1. The van der Waals surface area contributed by atoms with E-state index in [0.29, 0.717) is 39.0 Å². The van der Waals surface area contributed by atoms with Gasteiger partial charge in [0.25, 0.3) is 0 Å². The number of amides is 1. The normalized spacial score (nSPS) is 21.1. The molecule has 2 saturated heterocycles. The number of aryl methyl sites for hydroxylation is 1. The smallest absolute Gasteiger partial charge is 0.246 e. The van der Waals surface area contributed by atoms with Crippen molar-refractivity contribution in [2.24, 2.45) is 11.8 Å². The number of sulfonamides is 1. The molecule has 28 heavy (non-hydrogen) atoms. The van der Waals surface area contributed by atoms with E-state index in [9.17, 15) is 13.2 Å². The van der Waals surface area contributed by atoms with E-state index in [2.05, 4.69) is 22.2 Å². The quantitative estimate of drug-likeness (QED) is 0.727. The molecule has 2 fully saturated rings. The van der Waals surface area contributed by atoms with Gasteiger partial charge in [-0.05, 0) is 51.6 Å². The van der Waals surface area contributed by atoms with Gasteiger partial charge in [-0.2, -0.15) is 9.40 Å². The highest BCUT2D eigenvalue weighted by Crippen LogP contribution is 2.23. The van der Waals surface area contributed by atoms with Crippen LogP contribution in [0.1, 0.15) is 39.5 Å². The zero-order valence-electron chi connectivity index (χ0n) is 17.0. The lowest BCUT2D eigenvalue weighted by Gasteiger charge is -2.31. The number of nitrogens with zero attached hydrogens (tertiary/aromatic N) is 4. The molecule has 2 aliphatic rings. The maximum absolute atomic E-state index is 12.7. The highest BCUT2D eigenvalue weighted by atomic mass is 32.2. The van der Waals surface area contributed by atoms with Crippen molar-refractivity contribution >= 4 is 15.9 Å². The first kappa shape index (κ1) is 21.3. The molecule has 9 heteroatoms. The van der Waals surface area contributed by atoms with Crippen molar-refractivity contribution in [3.05, 3.63) is 12.4 Å². The molecule has 0 bridgehead atoms. The summed E-state index contributed by atoms with van der Waals surface area (Å²) in [5.41, 5.74) is 0. The molecule has 0 saturated carbocycles. The number of nitrogens with one attached hydrogen (secondary N) is 1. The van der Waals surface area contributed by atoms with E-state index in [0.717, 1.165) is 25.6 Å². The number of hydrogen-bond acceptors (Lipinski definition) is 5. The van der Waals surface area contributed by atoms with Gasteiger partial charge >= 0.3 is 0 Å². The number of carbonyl (C=O) groups is 1. The van der Waals surface area contributed by atoms with Gasteiger partial charge in [-0.25, -0.2) is 8.42 Å². The Kier molecular flexibility index (Phi) is 7.11. The molecule has 0 aliphatic carbocycles. The molecule has 0 spiro atoms. The zero-order chi connectivity index (χ0) is 20.1. The predicted octanol–water partition coefficient (Wildman–Crippen LogP) is 1.15. The summed E-state index contributed by atoms with van der Waals surface area (Å²) < 4.78 is 28.5. The molecule has 0 aromatic carbocycles. The summed E-state index contributed by atoms with van der Waals surface area (Å²) in [4.78, 5) is 15.1. The summed E-state index contributed by atoms with van der Waals surface area (Å²) in [6, 6.07) is 0. The van der Waals surface area contributed by atoms with Gasteiger partial charge < -0.3 is 10.2 Å². The van der Waals surface area contributed by atoms with Gasteiger partial charge in [0.2, 0.25) is 15.9 Å². The summed E-state index contributed by atoms with van der Waals surface area (Å²) in [7, 11) is -3.52.